The van der Waals surface area contributed by atoms with Crippen molar-refractivity contribution in [3.8, 4) is 17.4 Å². The molecule has 3 aromatic rings. The number of thiazole rings is 1. The highest BCUT2D eigenvalue weighted by Gasteiger charge is 2.20. The number of ether oxygens (including phenoxy) is 4. The molecule has 0 aliphatic heterocycles. The number of rotatable bonds is 10. The maximum absolute atomic E-state index is 11.9. The summed E-state index contributed by atoms with van der Waals surface area (Å²) in [5.41, 5.74) is 1.42. The summed E-state index contributed by atoms with van der Waals surface area (Å²) in [4.78, 5) is 36.4. The molecule has 0 amide bonds. The molecule has 3 N–H and O–H groups in total. The Kier molecular flexibility index (Phi) is 7.92. The van der Waals surface area contributed by atoms with Gasteiger partial charge in [0.1, 0.15) is 18.1 Å². The van der Waals surface area contributed by atoms with E-state index in [0.29, 0.717) is 28.4 Å². The summed E-state index contributed by atoms with van der Waals surface area (Å²) in [6, 6.07) is 13.8. The summed E-state index contributed by atoms with van der Waals surface area (Å²) in [7, 11) is 1.50. The summed E-state index contributed by atoms with van der Waals surface area (Å²) in [5, 5.41) is 18.4. The topological polar surface area (TPSA) is 144 Å². The molecule has 0 radical (unpaired) electrons. The molecule has 33 heavy (non-hydrogen) atoms. The molecular weight excluding hydrogens is 454 g/mol. The van der Waals surface area contributed by atoms with E-state index in [2.05, 4.69) is 9.72 Å². The van der Waals surface area contributed by atoms with Gasteiger partial charge < -0.3 is 29.2 Å². The number of aromatic nitrogens is 1. The van der Waals surface area contributed by atoms with E-state index in [4.69, 9.17) is 19.3 Å². The van der Waals surface area contributed by atoms with Crippen molar-refractivity contribution in [2.45, 2.75) is 12.5 Å². The first-order valence-electron chi connectivity index (χ1n) is 9.66. The maximum Gasteiger partial charge on any atom is 0.509 e. The molecule has 0 aliphatic carbocycles. The van der Waals surface area contributed by atoms with E-state index in [1.165, 1.54) is 7.11 Å². The van der Waals surface area contributed by atoms with Crippen LogP contribution in [0.25, 0.3) is 0 Å². The van der Waals surface area contributed by atoms with Crippen molar-refractivity contribution < 1.29 is 38.7 Å². The van der Waals surface area contributed by atoms with Crippen LogP contribution >= 0.6 is 11.3 Å². The van der Waals surface area contributed by atoms with Gasteiger partial charge in [0.15, 0.2) is 12.7 Å². The van der Waals surface area contributed by atoms with Gasteiger partial charge in [-0.3, -0.25) is 9.78 Å². The summed E-state index contributed by atoms with van der Waals surface area (Å²) in [6.07, 6.45) is -1.66. The van der Waals surface area contributed by atoms with Crippen LogP contribution in [0.15, 0.2) is 53.3 Å². The number of H-pyrrole nitrogens is 1. The van der Waals surface area contributed by atoms with Crippen molar-refractivity contribution in [2.24, 2.45) is 0 Å². The van der Waals surface area contributed by atoms with Crippen LogP contribution in [0.3, 0.4) is 0 Å². The van der Waals surface area contributed by atoms with Crippen molar-refractivity contribution in [2.75, 3.05) is 20.3 Å². The molecule has 11 heteroatoms. The van der Waals surface area contributed by atoms with Gasteiger partial charge in [-0.1, -0.05) is 35.6 Å². The lowest BCUT2D eigenvalue weighted by atomic mass is 10.1. The van der Waals surface area contributed by atoms with E-state index >= 15 is 0 Å². The summed E-state index contributed by atoms with van der Waals surface area (Å²) < 4.78 is 20.8. The number of benzene rings is 2. The Balaban J connectivity index is 1.67. The molecule has 2 aromatic carbocycles. The molecular formula is C22H21NO9S. The fourth-order valence-corrected chi connectivity index (χ4v) is 3.60. The van der Waals surface area contributed by atoms with Crippen molar-refractivity contribution in [1.82, 2.24) is 4.98 Å². The lowest BCUT2D eigenvalue weighted by molar-refractivity contribution is -0.141. The molecule has 10 nitrogen and oxygen atoms in total. The summed E-state index contributed by atoms with van der Waals surface area (Å²) in [6.45, 7) is -0.897. The third-order valence-electron chi connectivity index (χ3n) is 4.41. The number of nitrogens with one attached hydrogen (secondary N) is 1. The molecule has 1 aromatic heterocycles. The highest BCUT2D eigenvalue weighted by molar-refractivity contribution is 7.09. The molecule has 0 saturated heterocycles. The lowest BCUT2D eigenvalue weighted by Crippen LogP contribution is -2.21. The predicted octanol–water partition coefficient (Wildman–Crippen LogP) is 3.10. The first kappa shape index (κ1) is 23.7. The van der Waals surface area contributed by atoms with Gasteiger partial charge in [0.2, 0.25) is 5.88 Å². The lowest BCUT2D eigenvalue weighted by Gasteiger charge is -2.19. The summed E-state index contributed by atoms with van der Waals surface area (Å²) in [5.74, 6) is -0.417. The molecule has 0 saturated carbocycles. The van der Waals surface area contributed by atoms with E-state index in [1.807, 2.05) is 0 Å². The van der Waals surface area contributed by atoms with Crippen LogP contribution in [0, 0.1) is 0 Å². The number of aromatic hydroxyl groups is 1. The van der Waals surface area contributed by atoms with Crippen LogP contribution in [0.1, 0.15) is 22.1 Å². The molecule has 0 unspecified atom stereocenters. The van der Waals surface area contributed by atoms with Gasteiger partial charge in [0.05, 0.1) is 12.0 Å². The molecule has 174 valence electrons. The second-order valence-electron chi connectivity index (χ2n) is 6.73. The van der Waals surface area contributed by atoms with Gasteiger partial charge in [-0.05, 0) is 35.4 Å². The molecule has 0 aliphatic rings. The summed E-state index contributed by atoms with van der Waals surface area (Å²) >= 11 is 0.940. The van der Waals surface area contributed by atoms with Crippen molar-refractivity contribution in [3.05, 3.63) is 74.2 Å². The fourth-order valence-electron chi connectivity index (χ4n) is 2.84. The quantitative estimate of drug-likeness (QED) is 0.377. The standard InChI is InChI=1S/C22H21NO9S/c1-29-16-4-2-3-14(10-16)17(32-22(28)31-12-19(24)25)11-30-15-7-5-13(6-8-15)9-18-20(26)23-21(27)33-18/h2-8,10,17,26H,9,11-12H2,1H3,(H,23,27)(H,24,25)/t17-/m0/s1. The van der Waals surface area contributed by atoms with Gasteiger partial charge in [-0.15, -0.1) is 0 Å². The Hall–Kier alpha value is -3.99. The number of hydrogen-bond donors (Lipinski definition) is 3. The minimum atomic E-state index is -1.30. The number of carbonyl (C=O) groups excluding carboxylic acids is 1. The Labute approximate surface area is 191 Å². The first-order valence-corrected chi connectivity index (χ1v) is 10.5. The fraction of sp³-hybridized carbons (Fsp3) is 0.227. The minimum absolute atomic E-state index is 0.0745. The van der Waals surface area contributed by atoms with Gasteiger partial charge in [-0.25, -0.2) is 9.59 Å². The van der Waals surface area contributed by atoms with Crippen LogP contribution in [-0.2, 0) is 20.7 Å². The molecule has 3 rings (SSSR count). The zero-order valence-corrected chi connectivity index (χ0v) is 18.3. The van der Waals surface area contributed by atoms with E-state index in [9.17, 15) is 19.5 Å². The van der Waals surface area contributed by atoms with E-state index in [0.717, 1.165) is 16.9 Å². The largest absolute Gasteiger partial charge is 0.509 e. The highest BCUT2D eigenvalue weighted by Crippen LogP contribution is 2.25. The maximum atomic E-state index is 11.9. The Bertz CT molecular complexity index is 1150. The van der Waals surface area contributed by atoms with Crippen LogP contribution in [0.2, 0.25) is 0 Å². The predicted molar refractivity (Wildman–Crippen MR) is 117 cm³/mol. The molecule has 0 fully saturated rings. The third-order valence-corrected chi connectivity index (χ3v) is 5.28. The Morgan fingerprint density at radius 1 is 1.12 bits per heavy atom. The number of hydrogen-bond acceptors (Lipinski definition) is 9. The number of carbonyl (C=O) groups is 2. The average Bonchev–Trinajstić information content (AvgIpc) is 3.12. The number of methoxy groups -OCH3 is 1. The molecule has 0 bridgehead atoms. The average molecular weight is 475 g/mol. The number of aromatic amines is 1. The van der Waals surface area contributed by atoms with Gasteiger partial charge in [0, 0.05) is 6.42 Å². The normalized spacial score (nSPS) is 11.4. The van der Waals surface area contributed by atoms with Gasteiger partial charge in [0.25, 0.3) is 0 Å². The Morgan fingerprint density at radius 3 is 2.52 bits per heavy atom. The zero-order valence-electron chi connectivity index (χ0n) is 17.5. The van der Waals surface area contributed by atoms with Crippen LogP contribution in [0.4, 0.5) is 4.79 Å². The Morgan fingerprint density at radius 2 is 1.88 bits per heavy atom. The smallest absolute Gasteiger partial charge is 0.497 e. The van der Waals surface area contributed by atoms with Gasteiger partial charge in [-0.2, -0.15) is 0 Å². The second kappa shape index (κ2) is 11.0. The third kappa shape index (κ3) is 7.01. The number of carboxylic acids is 1. The molecule has 1 atom stereocenters. The van der Waals surface area contributed by atoms with Crippen LogP contribution in [-0.4, -0.2) is 47.6 Å². The van der Waals surface area contributed by atoms with Crippen LogP contribution < -0.4 is 14.3 Å². The second-order valence-corrected chi connectivity index (χ2v) is 7.80. The minimum Gasteiger partial charge on any atom is -0.497 e. The van der Waals surface area contributed by atoms with Gasteiger partial charge >= 0.3 is 17.0 Å². The van der Waals surface area contributed by atoms with Crippen molar-refractivity contribution in [1.29, 1.82) is 0 Å². The van der Waals surface area contributed by atoms with E-state index in [-0.39, 0.29) is 17.4 Å². The SMILES string of the molecule is COc1cccc([C@H](COc2ccc(Cc3sc(=O)[nH]c3O)cc2)OC(=O)OCC(=O)O)c1. The number of aliphatic carboxylic acids is 1. The highest BCUT2D eigenvalue weighted by atomic mass is 32.1. The zero-order chi connectivity index (χ0) is 23.8. The van der Waals surface area contributed by atoms with Crippen LogP contribution in [0.5, 0.6) is 17.4 Å². The molecule has 1 heterocycles. The first-order chi connectivity index (χ1) is 15.8. The van der Waals surface area contributed by atoms with E-state index in [1.54, 1.807) is 48.5 Å². The number of carboxylic acid groups (broad SMARTS) is 1. The van der Waals surface area contributed by atoms with Crippen molar-refractivity contribution in [3.63, 3.8) is 0 Å². The van der Waals surface area contributed by atoms with Crippen molar-refractivity contribution >= 4 is 23.5 Å². The van der Waals surface area contributed by atoms with E-state index < -0.39 is 24.8 Å². The molecule has 0 spiro atoms. The monoisotopic (exact) mass is 475 g/mol.